The van der Waals surface area contributed by atoms with Crippen LogP contribution in [0.1, 0.15) is 0 Å². The van der Waals surface area contributed by atoms with Gasteiger partial charge >= 0.3 is 6.18 Å². The first-order valence-electron chi connectivity index (χ1n) is 3.38. The van der Waals surface area contributed by atoms with Gasteiger partial charge in [-0.15, -0.1) is 0 Å². The minimum atomic E-state index is -4.60. The molecule has 0 aliphatic carbocycles. The number of rotatable bonds is 3. The highest BCUT2D eigenvalue weighted by molar-refractivity contribution is 7.91. The van der Waals surface area contributed by atoms with Gasteiger partial charge < -0.3 is 0 Å². The highest BCUT2D eigenvalue weighted by atomic mass is 35.5. The summed E-state index contributed by atoms with van der Waals surface area (Å²) in [6.07, 6.45) is -3.70. The number of halogens is 4. The monoisotopic (exact) mass is 280 g/mol. The molecule has 0 saturated heterocycles. The Labute approximate surface area is 92.1 Å². The fourth-order valence-electron chi connectivity index (χ4n) is 0.611. The Morgan fingerprint density at radius 3 is 2.53 bits per heavy atom. The number of sulfonamides is 1. The summed E-state index contributed by atoms with van der Waals surface area (Å²) in [7, 11) is -4.17. The quantitative estimate of drug-likeness (QED) is 0.916. The molecule has 0 unspecified atom stereocenters. The minimum Gasteiger partial charge on any atom is -0.232 e. The second-order valence-corrected chi connectivity index (χ2v) is 5.98. The van der Waals surface area contributed by atoms with Crippen LogP contribution in [-0.4, -0.2) is 26.1 Å². The summed E-state index contributed by atoms with van der Waals surface area (Å²) in [6, 6.07) is 0. The molecule has 0 aliphatic rings. The number of aromatic nitrogens is 1. The summed E-state index contributed by atoms with van der Waals surface area (Å²) in [5.74, 6) is 0. The van der Waals surface area contributed by atoms with Crippen molar-refractivity contribution in [3.05, 3.63) is 10.7 Å². The zero-order valence-corrected chi connectivity index (χ0v) is 9.27. The normalized spacial score (nSPS) is 13.1. The minimum absolute atomic E-state index is 0.0533. The molecule has 0 aliphatic heterocycles. The van der Waals surface area contributed by atoms with Crippen molar-refractivity contribution in [3.63, 3.8) is 0 Å². The predicted molar refractivity (Wildman–Crippen MR) is 48.4 cm³/mol. The predicted octanol–water partition coefficient (Wildman–Crippen LogP) is 1.64. The van der Waals surface area contributed by atoms with E-state index in [-0.39, 0.29) is 8.68 Å². The van der Waals surface area contributed by atoms with Gasteiger partial charge in [0.1, 0.15) is 6.54 Å². The van der Waals surface area contributed by atoms with E-state index in [4.69, 9.17) is 11.6 Å². The van der Waals surface area contributed by atoms with Gasteiger partial charge in [0.05, 0.1) is 6.20 Å². The van der Waals surface area contributed by atoms with Crippen LogP contribution in [0.15, 0.2) is 10.4 Å². The molecule has 0 radical (unpaired) electrons. The summed E-state index contributed by atoms with van der Waals surface area (Å²) >= 11 is 5.93. The highest BCUT2D eigenvalue weighted by Gasteiger charge is 2.30. The Balaban J connectivity index is 2.77. The van der Waals surface area contributed by atoms with Crippen LogP contribution in [0, 0.1) is 0 Å². The lowest BCUT2D eigenvalue weighted by molar-refractivity contribution is -0.121. The molecule has 0 atom stereocenters. The lowest BCUT2D eigenvalue weighted by Gasteiger charge is -2.06. The number of nitrogens with one attached hydrogen (secondary N) is 1. The smallest absolute Gasteiger partial charge is 0.232 e. The molecule has 1 aromatic heterocycles. The largest absolute Gasteiger partial charge is 0.402 e. The van der Waals surface area contributed by atoms with E-state index in [1.54, 1.807) is 0 Å². The van der Waals surface area contributed by atoms with Crippen LogP contribution in [0.3, 0.4) is 0 Å². The molecule has 0 fully saturated rings. The number of hydrogen-bond donors (Lipinski definition) is 1. The summed E-state index contributed by atoms with van der Waals surface area (Å²) in [5, 5.41) is 0. The molecule has 0 aromatic carbocycles. The van der Waals surface area contributed by atoms with Gasteiger partial charge in [-0.3, -0.25) is 0 Å². The molecule has 0 bridgehead atoms. The van der Waals surface area contributed by atoms with Crippen LogP contribution in [0.4, 0.5) is 13.2 Å². The van der Waals surface area contributed by atoms with E-state index in [9.17, 15) is 21.6 Å². The van der Waals surface area contributed by atoms with Gasteiger partial charge in [-0.2, -0.15) is 13.2 Å². The molecule has 1 N–H and O–H groups in total. The maximum absolute atomic E-state index is 11.7. The average molecular weight is 281 g/mol. The number of thiazole rings is 1. The van der Waals surface area contributed by atoms with Crippen molar-refractivity contribution in [2.75, 3.05) is 6.54 Å². The molecule has 0 amide bonds. The van der Waals surface area contributed by atoms with Crippen molar-refractivity contribution < 1.29 is 21.6 Å². The Hall–Kier alpha value is -0.380. The second kappa shape index (κ2) is 4.24. The van der Waals surface area contributed by atoms with E-state index in [0.29, 0.717) is 11.3 Å². The molecule has 4 nitrogen and oxygen atoms in total. The summed E-state index contributed by atoms with van der Waals surface area (Å²) in [5.41, 5.74) is 0. The zero-order chi connectivity index (χ0) is 11.7. The fourth-order valence-corrected chi connectivity index (χ4v) is 2.96. The maximum atomic E-state index is 11.7. The maximum Gasteiger partial charge on any atom is 0.402 e. The van der Waals surface area contributed by atoms with Crippen LogP contribution in [0.25, 0.3) is 0 Å². The fraction of sp³-hybridized carbons (Fsp3) is 0.400. The van der Waals surface area contributed by atoms with Crippen molar-refractivity contribution >= 4 is 33.0 Å². The van der Waals surface area contributed by atoms with E-state index in [2.05, 4.69) is 4.98 Å². The molecule has 0 saturated carbocycles. The summed E-state index contributed by atoms with van der Waals surface area (Å²) in [4.78, 5) is 3.41. The first-order chi connectivity index (χ1) is 6.71. The van der Waals surface area contributed by atoms with Crippen molar-refractivity contribution in [1.82, 2.24) is 9.71 Å². The Bertz CT molecular complexity index is 441. The van der Waals surface area contributed by atoms with Gasteiger partial charge in [-0.25, -0.2) is 18.1 Å². The molecule has 1 heterocycles. The standard InChI is InChI=1S/C5H4ClF3N2O2S2/c6-4-10-1-3(14-4)15(12,13)11-2-5(7,8)9/h1,11H,2H2. The molecule has 10 heteroatoms. The number of hydrogen-bond acceptors (Lipinski definition) is 4. The SMILES string of the molecule is O=S(=O)(NCC(F)(F)F)c1cnc(Cl)s1. The molecule has 1 rings (SSSR count). The topological polar surface area (TPSA) is 59.1 Å². The lowest BCUT2D eigenvalue weighted by atomic mass is 10.7. The van der Waals surface area contributed by atoms with E-state index in [1.165, 1.54) is 4.72 Å². The molecule has 86 valence electrons. The van der Waals surface area contributed by atoms with E-state index in [0.717, 1.165) is 6.20 Å². The molecular weight excluding hydrogens is 277 g/mol. The van der Waals surface area contributed by atoms with Gasteiger partial charge in [-0.05, 0) is 0 Å². The van der Waals surface area contributed by atoms with E-state index >= 15 is 0 Å². The third-order valence-electron chi connectivity index (χ3n) is 1.18. The van der Waals surface area contributed by atoms with Gasteiger partial charge in [0.2, 0.25) is 0 Å². The number of nitrogens with zero attached hydrogens (tertiary/aromatic N) is 1. The zero-order valence-electron chi connectivity index (χ0n) is 6.88. The van der Waals surface area contributed by atoms with Crippen LogP contribution < -0.4 is 4.72 Å². The molecule has 15 heavy (non-hydrogen) atoms. The summed E-state index contributed by atoms with van der Waals surface area (Å²) in [6.45, 7) is -1.62. The Morgan fingerprint density at radius 2 is 2.13 bits per heavy atom. The van der Waals surface area contributed by atoms with E-state index in [1.807, 2.05) is 0 Å². The van der Waals surface area contributed by atoms with Crippen molar-refractivity contribution in [2.24, 2.45) is 0 Å². The number of alkyl halides is 3. The molecular formula is C5H4ClF3N2O2S2. The Kier molecular flexibility index (Phi) is 3.59. The Morgan fingerprint density at radius 1 is 1.53 bits per heavy atom. The van der Waals surface area contributed by atoms with Crippen LogP contribution in [0.5, 0.6) is 0 Å². The molecule has 0 spiro atoms. The van der Waals surface area contributed by atoms with Gasteiger partial charge in [-0.1, -0.05) is 22.9 Å². The van der Waals surface area contributed by atoms with Crippen molar-refractivity contribution in [3.8, 4) is 0 Å². The highest BCUT2D eigenvalue weighted by Crippen LogP contribution is 2.22. The second-order valence-electron chi connectivity index (χ2n) is 2.37. The van der Waals surface area contributed by atoms with E-state index < -0.39 is 22.7 Å². The van der Waals surface area contributed by atoms with Crippen LogP contribution in [-0.2, 0) is 10.0 Å². The first kappa shape index (κ1) is 12.7. The third kappa shape index (κ3) is 3.93. The average Bonchev–Trinajstić information content (AvgIpc) is 2.48. The van der Waals surface area contributed by atoms with Crippen molar-refractivity contribution in [2.45, 2.75) is 10.4 Å². The van der Waals surface area contributed by atoms with Crippen LogP contribution >= 0.6 is 22.9 Å². The van der Waals surface area contributed by atoms with Gasteiger partial charge in [0.15, 0.2) is 8.68 Å². The lowest BCUT2D eigenvalue weighted by Crippen LogP contribution is -2.33. The van der Waals surface area contributed by atoms with Gasteiger partial charge in [0, 0.05) is 0 Å². The first-order valence-corrected chi connectivity index (χ1v) is 6.06. The van der Waals surface area contributed by atoms with Crippen LogP contribution in [0.2, 0.25) is 4.47 Å². The molecule has 1 aromatic rings. The van der Waals surface area contributed by atoms with Gasteiger partial charge in [0.25, 0.3) is 10.0 Å². The summed E-state index contributed by atoms with van der Waals surface area (Å²) < 4.78 is 58.6. The third-order valence-corrected chi connectivity index (χ3v) is 4.16. The van der Waals surface area contributed by atoms with Crippen molar-refractivity contribution in [1.29, 1.82) is 0 Å².